The van der Waals surface area contributed by atoms with Gasteiger partial charge in [0.1, 0.15) is 23.4 Å². The first-order valence-corrected chi connectivity index (χ1v) is 12.3. The smallest absolute Gasteiger partial charge is 0.178 e. The molecule has 1 aromatic carbocycles. The molecule has 0 amide bonds. The molecule has 180 valence electrons. The Morgan fingerprint density at radius 3 is 2.66 bits per heavy atom. The molecule has 3 aromatic rings. The topological polar surface area (TPSA) is 73.9 Å². The zero-order valence-electron chi connectivity index (χ0n) is 19.1. The van der Waals surface area contributed by atoms with Crippen LogP contribution < -0.4 is 4.90 Å². The van der Waals surface area contributed by atoms with Crippen molar-refractivity contribution in [3.05, 3.63) is 64.1 Å². The molecule has 2 aromatic heterocycles. The number of nitrogens with zero attached hydrogens (tertiary/aromatic N) is 7. The number of fused-ring (bicyclic) bond motifs is 3. The number of hydrogen-bond acceptors (Lipinski definition) is 6. The third-order valence-electron chi connectivity index (χ3n) is 7.22. The molecule has 2 fully saturated rings. The van der Waals surface area contributed by atoms with Gasteiger partial charge in [0.25, 0.3) is 0 Å². The number of alkyl halides is 1. The molecule has 0 bridgehead atoms. The fourth-order valence-electron chi connectivity index (χ4n) is 5.21. The summed E-state index contributed by atoms with van der Waals surface area (Å²) in [6.45, 7) is 2.94. The van der Waals surface area contributed by atoms with E-state index in [2.05, 4.69) is 29.5 Å². The highest BCUT2D eigenvalue weighted by Crippen LogP contribution is 2.42. The van der Waals surface area contributed by atoms with Gasteiger partial charge in [0.05, 0.1) is 12.2 Å². The van der Waals surface area contributed by atoms with E-state index in [1.165, 1.54) is 6.07 Å². The molecule has 6 rings (SSSR count). The lowest BCUT2D eigenvalue weighted by Crippen LogP contribution is -2.34. The molecule has 0 radical (unpaired) electrons. The van der Waals surface area contributed by atoms with Gasteiger partial charge in [-0.1, -0.05) is 11.6 Å². The highest BCUT2D eigenvalue weighted by molar-refractivity contribution is 6.30. The molecule has 0 atom stereocenters. The molecule has 3 aliphatic rings. The van der Waals surface area contributed by atoms with Crippen LogP contribution in [0.3, 0.4) is 0 Å². The average Bonchev–Trinajstić information content (AvgIpc) is 3.48. The van der Waals surface area contributed by atoms with Crippen LogP contribution in [0, 0.1) is 17.1 Å². The van der Waals surface area contributed by atoms with Gasteiger partial charge in [-0.2, -0.15) is 5.26 Å². The Labute approximate surface area is 207 Å². The molecule has 0 N–H and O–H groups in total. The van der Waals surface area contributed by atoms with E-state index in [9.17, 15) is 8.78 Å². The average molecular weight is 496 g/mol. The monoisotopic (exact) mass is 495 g/mol. The van der Waals surface area contributed by atoms with Crippen LogP contribution >= 0.6 is 11.6 Å². The van der Waals surface area contributed by atoms with E-state index < -0.39 is 11.5 Å². The summed E-state index contributed by atoms with van der Waals surface area (Å²) in [5.41, 5.74) is 0.757. The van der Waals surface area contributed by atoms with Crippen molar-refractivity contribution < 1.29 is 8.78 Å². The van der Waals surface area contributed by atoms with Gasteiger partial charge in [-0.05, 0) is 61.6 Å². The minimum Gasteiger partial charge on any atom is -0.357 e. The fraction of sp³-hybridized carbons (Fsp3) is 0.440. The number of hydrogen-bond donors (Lipinski definition) is 0. The minimum atomic E-state index is -1.09. The highest BCUT2D eigenvalue weighted by Gasteiger charge is 2.45. The van der Waals surface area contributed by atoms with Crippen molar-refractivity contribution >= 4 is 17.4 Å². The van der Waals surface area contributed by atoms with E-state index in [4.69, 9.17) is 16.9 Å². The van der Waals surface area contributed by atoms with E-state index in [0.717, 1.165) is 35.7 Å². The van der Waals surface area contributed by atoms with Crippen molar-refractivity contribution in [2.45, 2.75) is 50.4 Å². The second-order valence-electron chi connectivity index (χ2n) is 9.75. The summed E-state index contributed by atoms with van der Waals surface area (Å²) in [5.74, 6) is 1.89. The van der Waals surface area contributed by atoms with Crippen molar-refractivity contribution in [1.82, 2.24) is 24.6 Å². The van der Waals surface area contributed by atoms with E-state index >= 15 is 0 Å². The van der Waals surface area contributed by atoms with Gasteiger partial charge in [0.2, 0.25) is 0 Å². The third kappa shape index (κ3) is 4.26. The van der Waals surface area contributed by atoms with Crippen LogP contribution in [0.4, 0.5) is 14.6 Å². The first-order chi connectivity index (χ1) is 16.9. The van der Waals surface area contributed by atoms with Gasteiger partial charge in [-0.25, -0.2) is 13.8 Å². The second-order valence-corrected chi connectivity index (χ2v) is 10.2. The second kappa shape index (κ2) is 8.54. The quantitative estimate of drug-likeness (QED) is 0.529. The molecular weight excluding hydrogens is 472 g/mol. The maximum absolute atomic E-state index is 14.6. The van der Waals surface area contributed by atoms with E-state index in [1.54, 1.807) is 6.07 Å². The van der Waals surface area contributed by atoms with Gasteiger partial charge in [-0.15, -0.1) is 10.2 Å². The Hall–Kier alpha value is -3.09. The van der Waals surface area contributed by atoms with Crippen molar-refractivity contribution in [3.8, 4) is 11.8 Å². The molecule has 10 heteroatoms. The summed E-state index contributed by atoms with van der Waals surface area (Å²) in [6, 6.07) is 10.5. The van der Waals surface area contributed by atoms with E-state index in [0.29, 0.717) is 56.4 Å². The van der Waals surface area contributed by atoms with Crippen molar-refractivity contribution in [1.29, 1.82) is 5.26 Å². The molecule has 1 aliphatic carbocycles. The van der Waals surface area contributed by atoms with Gasteiger partial charge in [-0.3, -0.25) is 9.47 Å². The summed E-state index contributed by atoms with van der Waals surface area (Å²) in [5, 5.41) is 18.9. The molecule has 1 saturated heterocycles. The Balaban J connectivity index is 1.27. The van der Waals surface area contributed by atoms with E-state index in [-0.39, 0.29) is 11.6 Å². The number of piperidine rings is 1. The standard InChI is InChI=1S/C25H24ClF2N7/c26-18-1-3-21-17(11-18)13-33(15-25(28)7-8-25)14-23-31-32-24(35(21)23)16-5-9-34(10-6-16)22-4-2-19(27)20(12-29)30-22/h1-4,11,16H,5-10,13-15H2. The predicted molar refractivity (Wildman–Crippen MR) is 127 cm³/mol. The fourth-order valence-corrected chi connectivity index (χ4v) is 5.41. The number of aromatic nitrogens is 4. The summed E-state index contributed by atoms with van der Waals surface area (Å²) in [7, 11) is 0. The Kier molecular flexibility index (Phi) is 5.46. The Bertz CT molecular complexity index is 1320. The molecule has 1 saturated carbocycles. The maximum atomic E-state index is 14.6. The number of benzene rings is 1. The number of rotatable bonds is 4. The zero-order valence-corrected chi connectivity index (χ0v) is 19.8. The number of halogens is 3. The third-order valence-corrected chi connectivity index (χ3v) is 7.45. The first kappa shape index (κ1) is 22.4. The van der Waals surface area contributed by atoms with Crippen LogP contribution in [0.25, 0.3) is 5.69 Å². The Morgan fingerprint density at radius 1 is 1.11 bits per heavy atom. The van der Waals surface area contributed by atoms with Gasteiger partial charge < -0.3 is 4.90 Å². The van der Waals surface area contributed by atoms with Crippen LogP contribution in [0.5, 0.6) is 0 Å². The summed E-state index contributed by atoms with van der Waals surface area (Å²) >= 11 is 6.33. The molecular formula is C25H24ClF2N7. The van der Waals surface area contributed by atoms with Crippen molar-refractivity contribution in [2.24, 2.45) is 0 Å². The van der Waals surface area contributed by atoms with E-state index in [1.807, 2.05) is 24.3 Å². The number of nitriles is 1. The zero-order chi connectivity index (χ0) is 24.2. The van der Waals surface area contributed by atoms with Crippen molar-refractivity contribution in [3.63, 3.8) is 0 Å². The lowest BCUT2D eigenvalue weighted by Gasteiger charge is -2.32. The predicted octanol–water partition coefficient (Wildman–Crippen LogP) is 4.53. The SMILES string of the molecule is N#Cc1nc(N2CCC(c3nnc4n3-c3ccc(Cl)cc3CN(CC3(F)CC3)C4)CC2)ccc1F. The van der Waals surface area contributed by atoms with Crippen LogP contribution in [-0.4, -0.2) is 50.0 Å². The summed E-state index contributed by atoms with van der Waals surface area (Å²) < 4.78 is 30.5. The number of pyridine rings is 1. The summed E-state index contributed by atoms with van der Waals surface area (Å²) in [4.78, 5) is 8.35. The number of anilines is 1. The van der Waals surface area contributed by atoms with Crippen LogP contribution in [0.2, 0.25) is 5.02 Å². The molecule has 7 nitrogen and oxygen atoms in total. The Morgan fingerprint density at radius 2 is 1.91 bits per heavy atom. The van der Waals surface area contributed by atoms with Crippen molar-refractivity contribution in [2.75, 3.05) is 24.5 Å². The van der Waals surface area contributed by atoms with Crippen LogP contribution in [-0.2, 0) is 13.1 Å². The lowest BCUT2D eigenvalue weighted by molar-refractivity contribution is 0.162. The molecule has 0 unspecified atom stereocenters. The maximum Gasteiger partial charge on any atom is 0.178 e. The highest BCUT2D eigenvalue weighted by atomic mass is 35.5. The van der Waals surface area contributed by atoms with Crippen LogP contribution in [0.1, 0.15) is 54.5 Å². The van der Waals surface area contributed by atoms with Gasteiger partial charge in [0.15, 0.2) is 17.3 Å². The van der Waals surface area contributed by atoms with Gasteiger partial charge >= 0.3 is 0 Å². The molecule has 4 heterocycles. The lowest BCUT2D eigenvalue weighted by atomic mass is 9.95. The first-order valence-electron chi connectivity index (χ1n) is 11.9. The minimum absolute atomic E-state index is 0.175. The van der Waals surface area contributed by atoms with Gasteiger partial charge in [0, 0.05) is 37.1 Å². The molecule has 0 spiro atoms. The normalized spacial score (nSPS) is 19.5. The molecule has 35 heavy (non-hydrogen) atoms. The summed E-state index contributed by atoms with van der Waals surface area (Å²) in [6.07, 6.45) is 2.86. The largest absolute Gasteiger partial charge is 0.357 e. The van der Waals surface area contributed by atoms with Crippen LogP contribution in [0.15, 0.2) is 30.3 Å². The molecule has 2 aliphatic heterocycles.